The van der Waals surface area contributed by atoms with Crippen molar-refractivity contribution in [1.82, 2.24) is 0 Å². The van der Waals surface area contributed by atoms with Crippen LogP contribution < -0.4 is 9.62 Å². The van der Waals surface area contributed by atoms with Crippen molar-refractivity contribution in [1.29, 1.82) is 0 Å². The summed E-state index contributed by atoms with van der Waals surface area (Å²) in [5.41, 5.74) is 0.973. The van der Waals surface area contributed by atoms with Gasteiger partial charge in [0.15, 0.2) is 0 Å². The number of sulfonamides is 1. The summed E-state index contributed by atoms with van der Waals surface area (Å²) in [7, 11) is -3.67. The highest BCUT2D eigenvalue weighted by Gasteiger charge is 2.31. The number of rotatable bonds is 6. The zero-order chi connectivity index (χ0) is 17.7. The molecule has 2 rings (SSSR count). The van der Waals surface area contributed by atoms with E-state index in [0.29, 0.717) is 22.8 Å². The van der Waals surface area contributed by atoms with Gasteiger partial charge in [0.2, 0.25) is 15.9 Å². The number of hydrogen-bond donors (Lipinski definition) is 1. The molecule has 0 radical (unpaired) electrons. The lowest BCUT2D eigenvalue weighted by atomic mass is 10.2. The largest absolute Gasteiger partial charge is 0.324 e. The highest BCUT2D eigenvalue weighted by molar-refractivity contribution is 7.92. The molecular formula is C17H19ClN2O3S. The van der Waals surface area contributed by atoms with Crippen LogP contribution in [0.25, 0.3) is 0 Å². The van der Waals surface area contributed by atoms with E-state index >= 15 is 0 Å². The number of amides is 1. The predicted octanol–water partition coefficient (Wildman–Crippen LogP) is 3.52. The van der Waals surface area contributed by atoms with Crippen LogP contribution in [0.5, 0.6) is 0 Å². The van der Waals surface area contributed by atoms with E-state index in [2.05, 4.69) is 5.32 Å². The van der Waals surface area contributed by atoms with Gasteiger partial charge >= 0.3 is 0 Å². The van der Waals surface area contributed by atoms with Crippen molar-refractivity contribution in [3.63, 3.8) is 0 Å². The fourth-order valence-electron chi connectivity index (χ4n) is 2.42. The van der Waals surface area contributed by atoms with Gasteiger partial charge in [-0.25, -0.2) is 8.42 Å². The van der Waals surface area contributed by atoms with E-state index in [-0.39, 0.29) is 0 Å². The highest BCUT2D eigenvalue weighted by Crippen LogP contribution is 2.26. The first-order valence-electron chi connectivity index (χ1n) is 7.44. The Morgan fingerprint density at radius 3 is 2.38 bits per heavy atom. The summed E-state index contributed by atoms with van der Waals surface area (Å²) < 4.78 is 25.7. The Labute approximate surface area is 147 Å². The highest BCUT2D eigenvalue weighted by atomic mass is 35.5. The molecule has 0 aliphatic rings. The fraction of sp³-hybridized carbons (Fsp3) is 0.235. The second-order valence-electron chi connectivity index (χ2n) is 5.32. The Kier molecular flexibility index (Phi) is 5.85. The summed E-state index contributed by atoms with van der Waals surface area (Å²) in [5, 5.41) is 3.15. The molecule has 0 heterocycles. The van der Waals surface area contributed by atoms with Crippen LogP contribution in [0.4, 0.5) is 11.4 Å². The van der Waals surface area contributed by atoms with Crippen molar-refractivity contribution < 1.29 is 13.2 Å². The van der Waals surface area contributed by atoms with Crippen LogP contribution in [0, 0.1) is 0 Å². The summed E-state index contributed by atoms with van der Waals surface area (Å²) in [6.45, 7) is 1.76. The Morgan fingerprint density at radius 2 is 1.83 bits per heavy atom. The van der Waals surface area contributed by atoms with Gasteiger partial charge < -0.3 is 5.32 Å². The molecule has 7 heteroatoms. The lowest BCUT2D eigenvalue weighted by Crippen LogP contribution is -2.47. The molecule has 2 aromatic rings. The van der Waals surface area contributed by atoms with E-state index in [4.69, 9.17) is 11.6 Å². The first kappa shape index (κ1) is 18.3. The van der Waals surface area contributed by atoms with Gasteiger partial charge in [0.05, 0.1) is 11.9 Å². The molecule has 0 aliphatic heterocycles. The van der Waals surface area contributed by atoms with Gasteiger partial charge in [-0.2, -0.15) is 0 Å². The van der Waals surface area contributed by atoms with Gasteiger partial charge in [-0.1, -0.05) is 42.8 Å². The standard InChI is InChI=1S/C17H19ClN2O3S/c1-3-16(17(21)19-14-9-5-4-6-10-14)20(24(2,22)23)15-11-7-8-13(18)12-15/h4-12,16H,3H2,1-2H3,(H,19,21)/t16-/m0/s1. The quantitative estimate of drug-likeness (QED) is 0.850. The van der Waals surface area contributed by atoms with E-state index < -0.39 is 22.0 Å². The minimum atomic E-state index is -3.67. The monoisotopic (exact) mass is 366 g/mol. The zero-order valence-corrected chi connectivity index (χ0v) is 15.0. The number of benzene rings is 2. The van der Waals surface area contributed by atoms with E-state index in [1.807, 2.05) is 6.07 Å². The normalized spacial score (nSPS) is 12.5. The molecule has 24 heavy (non-hydrogen) atoms. The van der Waals surface area contributed by atoms with Crippen LogP contribution >= 0.6 is 11.6 Å². The molecule has 0 bridgehead atoms. The number of halogens is 1. The van der Waals surface area contributed by atoms with Gasteiger partial charge in [-0.15, -0.1) is 0 Å². The molecule has 0 fully saturated rings. The summed E-state index contributed by atoms with van der Waals surface area (Å²) in [5.74, 6) is -0.394. The molecular weight excluding hydrogens is 348 g/mol. The molecule has 5 nitrogen and oxygen atoms in total. The van der Waals surface area contributed by atoms with Crippen LogP contribution in [0.2, 0.25) is 5.02 Å². The molecule has 0 spiro atoms. The van der Waals surface area contributed by atoms with Crippen molar-refractivity contribution in [2.45, 2.75) is 19.4 Å². The molecule has 0 saturated carbocycles. The topological polar surface area (TPSA) is 66.5 Å². The molecule has 0 aliphatic carbocycles. The van der Waals surface area contributed by atoms with Crippen LogP contribution in [0.1, 0.15) is 13.3 Å². The van der Waals surface area contributed by atoms with E-state index in [9.17, 15) is 13.2 Å². The van der Waals surface area contributed by atoms with Gasteiger partial charge in [-0.05, 0) is 36.8 Å². The van der Waals surface area contributed by atoms with Crippen molar-refractivity contribution >= 4 is 38.9 Å². The summed E-state index contributed by atoms with van der Waals surface area (Å²) >= 11 is 5.97. The third-order valence-corrected chi connectivity index (χ3v) is 4.85. The van der Waals surface area contributed by atoms with Crippen molar-refractivity contribution in [3.05, 3.63) is 59.6 Å². The van der Waals surface area contributed by atoms with Crippen LogP contribution in [0.3, 0.4) is 0 Å². The second kappa shape index (κ2) is 7.68. The molecule has 1 amide bonds. The molecule has 1 atom stereocenters. The number of carbonyl (C=O) groups is 1. The van der Waals surface area contributed by atoms with E-state index in [1.165, 1.54) is 6.07 Å². The number of nitrogens with zero attached hydrogens (tertiary/aromatic N) is 1. The van der Waals surface area contributed by atoms with Crippen molar-refractivity contribution in [2.75, 3.05) is 15.9 Å². The molecule has 0 unspecified atom stereocenters. The molecule has 0 aromatic heterocycles. The summed E-state index contributed by atoms with van der Waals surface area (Å²) in [6.07, 6.45) is 1.39. The molecule has 1 N–H and O–H groups in total. The third-order valence-electron chi connectivity index (χ3n) is 3.43. The van der Waals surface area contributed by atoms with Crippen LogP contribution in [0.15, 0.2) is 54.6 Å². The lowest BCUT2D eigenvalue weighted by Gasteiger charge is -2.30. The van der Waals surface area contributed by atoms with Gasteiger partial charge in [0.25, 0.3) is 0 Å². The molecule has 0 saturated heterocycles. The third kappa shape index (κ3) is 4.49. The lowest BCUT2D eigenvalue weighted by molar-refractivity contribution is -0.117. The van der Waals surface area contributed by atoms with Crippen molar-refractivity contribution in [3.8, 4) is 0 Å². The number of carbonyl (C=O) groups excluding carboxylic acids is 1. The average molecular weight is 367 g/mol. The van der Waals surface area contributed by atoms with E-state index in [1.54, 1.807) is 49.4 Å². The summed E-state index contributed by atoms with van der Waals surface area (Å²) in [6, 6.07) is 14.5. The Balaban J connectivity index is 2.37. The maximum absolute atomic E-state index is 12.6. The zero-order valence-electron chi connectivity index (χ0n) is 13.4. The Morgan fingerprint density at radius 1 is 1.17 bits per heavy atom. The number of nitrogens with one attached hydrogen (secondary N) is 1. The van der Waals surface area contributed by atoms with Crippen LogP contribution in [-0.2, 0) is 14.8 Å². The smallest absolute Gasteiger partial charge is 0.248 e. The van der Waals surface area contributed by atoms with Gasteiger partial charge in [0.1, 0.15) is 6.04 Å². The maximum atomic E-state index is 12.6. The SMILES string of the molecule is CC[C@@H](C(=O)Nc1ccccc1)N(c1cccc(Cl)c1)S(C)(=O)=O. The number of para-hydroxylation sites is 1. The second-order valence-corrected chi connectivity index (χ2v) is 7.61. The number of anilines is 2. The first-order valence-corrected chi connectivity index (χ1v) is 9.66. The first-order chi connectivity index (χ1) is 11.3. The fourth-order valence-corrected chi connectivity index (χ4v) is 3.81. The summed E-state index contributed by atoms with van der Waals surface area (Å²) in [4.78, 5) is 12.6. The number of hydrogen-bond acceptors (Lipinski definition) is 3. The predicted molar refractivity (Wildman–Crippen MR) is 97.9 cm³/mol. The van der Waals surface area contributed by atoms with Crippen LogP contribution in [-0.4, -0.2) is 26.6 Å². The Hall–Kier alpha value is -2.05. The van der Waals surface area contributed by atoms with Gasteiger partial charge in [-0.3, -0.25) is 9.10 Å². The molecule has 128 valence electrons. The molecule has 2 aromatic carbocycles. The Bertz CT molecular complexity index is 810. The minimum absolute atomic E-state index is 0.318. The minimum Gasteiger partial charge on any atom is -0.324 e. The van der Waals surface area contributed by atoms with Gasteiger partial charge in [0, 0.05) is 10.7 Å². The van der Waals surface area contributed by atoms with E-state index in [0.717, 1.165) is 10.6 Å². The average Bonchev–Trinajstić information content (AvgIpc) is 2.52. The maximum Gasteiger partial charge on any atom is 0.248 e. The van der Waals surface area contributed by atoms with Crippen molar-refractivity contribution in [2.24, 2.45) is 0 Å².